The van der Waals surface area contributed by atoms with Crippen molar-refractivity contribution in [1.29, 1.82) is 0 Å². The molecule has 3 heterocycles. The summed E-state index contributed by atoms with van der Waals surface area (Å²) >= 11 is 6.11. The maximum atomic E-state index is 6.11. The van der Waals surface area contributed by atoms with Gasteiger partial charge in [-0.1, -0.05) is 29.6 Å². The first kappa shape index (κ1) is 15.1. The van der Waals surface area contributed by atoms with E-state index in [1.807, 2.05) is 12.1 Å². The Kier molecular flexibility index (Phi) is 4.31. The molecule has 2 atom stereocenters. The molecule has 1 aliphatic carbocycles. The Morgan fingerprint density at radius 1 is 1.22 bits per heavy atom. The Labute approximate surface area is 141 Å². The topological polar surface area (TPSA) is 55.1 Å². The fourth-order valence-corrected chi connectivity index (χ4v) is 4.28. The molecule has 0 N–H and O–H groups in total. The van der Waals surface area contributed by atoms with Crippen molar-refractivity contribution in [2.45, 2.75) is 51.1 Å². The molecule has 6 heteroatoms. The van der Waals surface area contributed by atoms with Crippen molar-refractivity contribution in [1.82, 2.24) is 20.0 Å². The van der Waals surface area contributed by atoms with Crippen LogP contribution in [-0.4, -0.2) is 32.6 Å². The fraction of sp³-hybridized carbons (Fsp3) is 0.588. The zero-order chi connectivity index (χ0) is 15.6. The molecule has 0 unspecified atom stereocenters. The SMILES string of the molecule is Clc1ncccc1-c1noc(CN2CCC[C@@H]3CCCC[C@@H]32)n1. The number of rotatable bonds is 3. The molecule has 122 valence electrons. The van der Waals surface area contributed by atoms with Gasteiger partial charge >= 0.3 is 0 Å². The van der Waals surface area contributed by atoms with Crippen molar-refractivity contribution in [3.63, 3.8) is 0 Å². The molecule has 1 aliphatic heterocycles. The van der Waals surface area contributed by atoms with Gasteiger partial charge in [-0.15, -0.1) is 0 Å². The van der Waals surface area contributed by atoms with Gasteiger partial charge in [0.15, 0.2) is 0 Å². The van der Waals surface area contributed by atoms with E-state index in [1.54, 1.807) is 6.20 Å². The summed E-state index contributed by atoms with van der Waals surface area (Å²) in [4.78, 5) is 11.1. The molecule has 1 saturated carbocycles. The second-order valence-corrected chi connectivity index (χ2v) is 6.94. The van der Waals surface area contributed by atoms with Crippen LogP contribution < -0.4 is 0 Å². The highest BCUT2D eigenvalue weighted by atomic mass is 35.5. The lowest BCUT2D eigenvalue weighted by atomic mass is 9.78. The third kappa shape index (κ3) is 3.12. The van der Waals surface area contributed by atoms with Crippen molar-refractivity contribution in [2.24, 2.45) is 5.92 Å². The summed E-state index contributed by atoms with van der Waals surface area (Å²) < 4.78 is 5.47. The number of piperidine rings is 1. The van der Waals surface area contributed by atoms with Crippen LogP contribution >= 0.6 is 11.6 Å². The van der Waals surface area contributed by atoms with Gasteiger partial charge in [0.2, 0.25) is 11.7 Å². The molecule has 0 aromatic carbocycles. The van der Waals surface area contributed by atoms with Crippen LogP contribution in [0.4, 0.5) is 0 Å². The van der Waals surface area contributed by atoms with E-state index in [1.165, 1.54) is 38.5 Å². The number of hydrogen-bond donors (Lipinski definition) is 0. The smallest absolute Gasteiger partial charge is 0.241 e. The average molecular weight is 333 g/mol. The van der Waals surface area contributed by atoms with Gasteiger partial charge in [-0.25, -0.2) is 4.98 Å². The molecular formula is C17H21ClN4O. The Bertz CT molecular complexity index is 672. The third-order valence-electron chi connectivity index (χ3n) is 5.16. The number of hydrogen-bond acceptors (Lipinski definition) is 5. The molecule has 1 saturated heterocycles. The molecule has 0 radical (unpaired) electrons. The monoisotopic (exact) mass is 332 g/mol. The van der Waals surface area contributed by atoms with Crippen molar-refractivity contribution in [3.8, 4) is 11.4 Å². The van der Waals surface area contributed by atoms with Gasteiger partial charge in [0.25, 0.3) is 0 Å². The van der Waals surface area contributed by atoms with Gasteiger partial charge in [-0.3, -0.25) is 4.90 Å². The number of fused-ring (bicyclic) bond motifs is 1. The Hall–Kier alpha value is -1.46. The summed E-state index contributed by atoms with van der Waals surface area (Å²) in [6.45, 7) is 1.87. The highest BCUT2D eigenvalue weighted by Crippen LogP contribution is 2.36. The minimum atomic E-state index is 0.408. The highest BCUT2D eigenvalue weighted by molar-refractivity contribution is 6.31. The lowest BCUT2D eigenvalue weighted by Crippen LogP contribution is -2.46. The molecule has 5 nitrogen and oxygen atoms in total. The van der Waals surface area contributed by atoms with Gasteiger partial charge in [-0.2, -0.15) is 4.98 Å². The second-order valence-electron chi connectivity index (χ2n) is 6.58. The summed E-state index contributed by atoms with van der Waals surface area (Å²) in [7, 11) is 0. The predicted octanol–water partition coefficient (Wildman–Crippen LogP) is 3.94. The van der Waals surface area contributed by atoms with Gasteiger partial charge in [0.1, 0.15) is 5.15 Å². The first-order chi connectivity index (χ1) is 11.3. The summed E-state index contributed by atoms with van der Waals surface area (Å²) in [6.07, 6.45) is 9.72. The first-order valence-corrected chi connectivity index (χ1v) is 8.86. The number of halogens is 1. The molecule has 4 rings (SSSR count). The standard InChI is InChI=1S/C17H21ClN4O/c18-16-13(7-3-9-19-16)17-20-15(23-21-17)11-22-10-4-6-12-5-1-2-8-14(12)22/h3,7,9,12,14H,1-2,4-6,8,10-11H2/t12-,14-/m0/s1. The van der Waals surface area contributed by atoms with Crippen LogP contribution in [0.3, 0.4) is 0 Å². The summed E-state index contributed by atoms with van der Waals surface area (Å²) in [5.41, 5.74) is 0.721. The van der Waals surface area contributed by atoms with Crippen LogP contribution in [0.5, 0.6) is 0 Å². The highest BCUT2D eigenvalue weighted by Gasteiger charge is 2.33. The Balaban J connectivity index is 1.50. The minimum absolute atomic E-state index is 0.408. The largest absolute Gasteiger partial charge is 0.338 e. The lowest BCUT2D eigenvalue weighted by Gasteiger charge is -2.43. The molecule has 0 amide bonds. The van der Waals surface area contributed by atoms with Gasteiger partial charge < -0.3 is 4.52 Å². The molecular weight excluding hydrogens is 312 g/mol. The van der Waals surface area contributed by atoms with E-state index in [-0.39, 0.29) is 0 Å². The normalized spacial score (nSPS) is 25.3. The average Bonchev–Trinajstić information content (AvgIpc) is 3.04. The Morgan fingerprint density at radius 2 is 2.09 bits per heavy atom. The predicted molar refractivity (Wildman–Crippen MR) is 87.9 cm³/mol. The molecule has 2 aromatic heterocycles. The van der Waals surface area contributed by atoms with Gasteiger partial charge in [-0.05, 0) is 50.3 Å². The van der Waals surface area contributed by atoms with E-state index in [0.717, 1.165) is 24.6 Å². The quantitative estimate of drug-likeness (QED) is 0.797. The number of likely N-dealkylation sites (tertiary alicyclic amines) is 1. The van der Waals surface area contributed by atoms with Crippen LogP contribution in [0.25, 0.3) is 11.4 Å². The van der Waals surface area contributed by atoms with E-state index < -0.39 is 0 Å². The van der Waals surface area contributed by atoms with Crippen LogP contribution in [-0.2, 0) is 6.54 Å². The maximum Gasteiger partial charge on any atom is 0.241 e. The number of pyridine rings is 1. The molecule has 2 aliphatic rings. The second kappa shape index (κ2) is 6.57. The lowest BCUT2D eigenvalue weighted by molar-refractivity contribution is 0.0466. The molecule has 23 heavy (non-hydrogen) atoms. The number of aromatic nitrogens is 3. The van der Waals surface area contributed by atoms with E-state index in [4.69, 9.17) is 16.1 Å². The molecule has 2 fully saturated rings. The summed E-state index contributed by atoms with van der Waals surface area (Å²) in [5, 5.41) is 4.49. The van der Waals surface area contributed by atoms with Crippen molar-refractivity contribution >= 4 is 11.6 Å². The van der Waals surface area contributed by atoms with E-state index in [9.17, 15) is 0 Å². The zero-order valence-corrected chi connectivity index (χ0v) is 13.9. The minimum Gasteiger partial charge on any atom is -0.338 e. The zero-order valence-electron chi connectivity index (χ0n) is 13.1. The van der Waals surface area contributed by atoms with Gasteiger partial charge in [0.05, 0.1) is 12.1 Å². The van der Waals surface area contributed by atoms with Crippen LogP contribution in [0, 0.1) is 5.92 Å². The number of nitrogens with zero attached hydrogens (tertiary/aromatic N) is 4. The summed E-state index contributed by atoms with van der Waals surface area (Å²) in [6, 6.07) is 4.38. The van der Waals surface area contributed by atoms with Crippen LogP contribution in [0.15, 0.2) is 22.9 Å². The van der Waals surface area contributed by atoms with Gasteiger partial charge in [0, 0.05) is 12.2 Å². The van der Waals surface area contributed by atoms with Crippen LogP contribution in [0.2, 0.25) is 5.15 Å². The van der Waals surface area contributed by atoms with E-state index >= 15 is 0 Å². The molecule has 0 bridgehead atoms. The third-order valence-corrected chi connectivity index (χ3v) is 5.47. The van der Waals surface area contributed by atoms with Crippen molar-refractivity contribution in [2.75, 3.05) is 6.54 Å². The maximum absolute atomic E-state index is 6.11. The Morgan fingerprint density at radius 3 is 3.00 bits per heavy atom. The first-order valence-electron chi connectivity index (χ1n) is 8.49. The van der Waals surface area contributed by atoms with Crippen molar-refractivity contribution in [3.05, 3.63) is 29.4 Å². The van der Waals surface area contributed by atoms with Crippen LogP contribution in [0.1, 0.15) is 44.4 Å². The van der Waals surface area contributed by atoms with Crippen molar-refractivity contribution < 1.29 is 4.52 Å². The summed E-state index contributed by atoms with van der Waals surface area (Å²) in [5.74, 6) is 2.05. The molecule has 0 spiro atoms. The van der Waals surface area contributed by atoms with E-state index in [0.29, 0.717) is 22.9 Å². The fourth-order valence-electron chi connectivity index (χ4n) is 4.08. The molecule has 2 aromatic rings. The van der Waals surface area contributed by atoms with E-state index in [2.05, 4.69) is 20.0 Å².